The number of hydrogen-bond donors (Lipinski definition) is 12. The van der Waals surface area contributed by atoms with Gasteiger partial charge in [-0.3, -0.25) is 4.79 Å². The Bertz CT molecular complexity index is 1670. The molecule has 0 aromatic rings. The number of unbranched alkanes of at least 4 members (excludes halogenated alkanes) is 30. The molecule has 492 valence electrons. The molecule has 12 N–H and O–H groups in total. The maximum atomic E-state index is 13.3. The Morgan fingerprint density at radius 1 is 0.417 bits per heavy atom. The summed E-state index contributed by atoms with van der Waals surface area (Å²) in [6, 6.07) is -0.987. The normalized spacial score (nSPS) is 29.4. The van der Waals surface area contributed by atoms with Crippen LogP contribution in [0.3, 0.4) is 0 Å². The highest BCUT2D eigenvalue weighted by molar-refractivity contribution is 5.76. The highest BCUT2D eigenvalue weighted by atomic mass is 16.8. The maximum Gasteiger partial charge on any atom is 0.220 e. The SMILES string of the molecule is CCCCCCCC/C=C/CC/C=C/C(O)C(COC1OC(CO)C(OC2OC(CO)C(OC3OC(CO)C(O)C(O)C3O)C(O)C2O)C(O)C1O)NC(=O)CCCCCCCCCCCCCCCCC/C=C\CCCCCCCCCC. The van der Waals surface area contributed by atoms with Crippen LogP contribution in [0.25, 0.3) is 0 Å². The van der Waals surface area contributed by atoms with Crippen molar-refractivity contribution in [1.29, 1.82) is 0 Å². The molecule has 0 aliphatic carbocycles. The number of amides is 1. The van der Waals surface area contributed by atoms with Gasteiger partial charge >= 0.3 is 0 Å². The molecule has 0 radical (unpaired) electrons. The van der Waals surface area contributed by atoms with Crippen molar-refractivity contribution in [3.05, 3.63) is 36.5 Å². The Labute approximate surface area is 504 Å². The zero-order chi connectivity index (χ0) is 61.2. The van der Waals surface area contributed by atoms with Crippen molar-refractivity contribution in [2.24, 2.45) is 0 Å². The molecule has 0 aromatic heterocycles. The summed E-state index contributed by atoms with van der Waals surface area (Å²) in [5, 5.41) is 120. The van der Waals surface area contributed by atoms with Gasteiger partial charge in [0.2, 0.25) is 5.91 Å². The van der Waals surface area contributed by atoms with Gasteiger partial charge in [-0.25, -0.2) is 0 Å². The van der Waals surface area contributed by atoms with Gasteiger partial charge in [0.25, 0.3) is 0 Å². The fourth-order valence-corrected chi connectivity index (χ4v) is 11.2. The number of carbonyl (C=O) groups excluding carboxylic acids is 1. The summed E-state index contributed by atoms with van der Waals surface area (Å²) in [6.07, 6.45) is 27.2. The van der Waals surface area contributed by atoms with Crippen LogP contribution in [0.15, 0.2) is 36.5 Å². The number of aliphatic hydroxyl groups excluding tert-OH is 11. The summed E-state index contributed by atoms with van der Waals surface area (Å²) in [5.74, 6) is -0.285. The summed E-state index contributed by atoms with van der Waals surface area (Å²) in [5.41, 5.74) is 0. The standard InChI is InChI=1S/C65H119NO18/c1-3-5-7-9-11-13-15-17-18-19-20-21-22-23-24-25-26-27-28-29-30-31-33-35-37-39-41-43-53(71)66-48(49(70)42-40-38-36-34-32-16-14-12-10-8-6-4-2)47-79-63-59(77)56(74)61(51(45-68)81-63)84-65-60(78)57(75)62(52(46-69)82-65)83-64-58(76)55(73)54(72)50(44-67)80-64/h19-20,32,34,40,42,48-52,54-65,67-70,72-78H,3-18,21-31,33,35-39,41,43-47H2,1-2H3,(H,66,71)/b20-19-,34-32+,42-40+. The van der Waals surface area contributed by atoms with Crippen LogP contribution in [-0.2, 0) is 33.2 Å². The van der Waals surface area contributed by atoms with Crippen molar-refractivity contribution >= 4 is 5.91 Å². The molecule has 0 bridgehead atoms. The Morgan fingerprint density at radius 3 is 1.19 bits per heavy atom. The van der Waals surface area contributed by atoms with E-state index in [2.05, 4.69) is 43.5 Å². The molecule has 3 aliphatic rings. The predicted molar refractivity (Wildman–Crippen MR) is 323 cm³/mol. The first-order valence-corrected chi connectivity index (χ1v) is 33.2. The van der Waals surface area contributed by atoms with E-state index in [-0.39, 0.29) is 18.9 Å². The third-order valence-electron chi connectivity index (χ3n) is 16.7. The fourth-order valence-electron chi connectivity index (χ4n) is 11.2. The van der Waals surface area contributed by atoms with Crippen LogP contribution >= 0.6 is 0 Å². The van der Waals surface area contributed by atoms with E-state index in [4.69, 9.17) is 28.4 Å². The van der Waals surface area contributed by atoms with Crippen LogP contribution < -0.4 is 5.32 Å². The number of hydrogen-bond acceptors (Lipinski definition) is 18. The van der Waals surface area contributed by atoms with E-state index >= 15 is 0 Å². The molecule has 3 aliphatic heterocycles. The number of rotatable bonds is 50. The Hall–Kier alpha value is -1.99. The van der Waals surface area contributed by atoms with Gasteiger partial charge in [0.1, 0.15) is 73.2 Å². The number of ether oxygens (including phenoxy) is 6. The minimum Gasteiger partial charge on any atom is -0.394 e. The van der Waals surface area contributed by atoms with Crippen molar-refractivity contribution in [1.82, 2.24) is 5.32 Å². The molecule has 0 saturated carbocycles. The monoisotopic (exact) mass is 1200 g/mol. The third-order valence-corrected chi connectivity index (χ3v) is 16.7. The summed E-state index contributed by atoms with van der Waals surface area (Å²) in [7, 11) is 0. The van der Waals surface area contributed by atoms with Crippen molar-refractivity contribution in [3.8, 4) is 0 Å². The smallest absolute Gasteiger partial charge is 0.220 e. The number of nitrogens with one attached hydrogen (secondary N) is 1. The van der Waals surface area contributed by atoms with Crippen molar-refractivity contribution in [3.63, 3.8) is 0 Å². The first-order valence-electron chi connectivity index (χ1n) is 33.2. The minimum absolute atomic E-state index is 0.237. The molecular weight excluding hydrogens is 1080 g/mol. The molecule has 3 saturated heterocycles. The zero-order valence-electron chi connectivity index (χ0n) is 51.6. The largest absolute Gasteiger partial charge is 0.394 e. The zero-order valence-corrected chi connectivity index (χ0v) is 51.6. The van der Waals surface area contributed by atoms with Gasteiger partial charge in [-0.05, 0) is 57.8 Å². The van der Waals surface area contributed by atoms with Gasteiger partial charge in [-0.2, -0.15) is 0 Å². The Kier molecular flexibility index (Phi) is 43.5. The van der Waals surface area contributed by atoms with Gasteiger partial charge < -0.3 is 89.9 Å². The maximum absolute atomic E-state index is 13.3. The highest BCUT2D eigenvalue weighted by Gasteiger charge is 2.53. The number of aliphatic hydroxyl groups is 11. The van der Waals surface area contributed by atoms with Crippen LogP contribution in [0.4, 0.5) is 0 Å². The first kappa shape index (κ1) is 76.3. The predicted octanol–water partition coefficient (Wildman–Crippen LogP) is 7.66. The van der Waals surface area contributed by atoms with E-state index in [1.54, 1.807) is 6.08 Å². The second kappa shape index (κ2) is 47.9. The van der Waals surface area contributed by atoms with Gasteiger partial charge in [-0.1, -0.05) is 211 Å². The van der Waals surface area contributed by atoms with E-state index in [0.29, 0.717) is 12.8 Å². The lowest BCUT2D eigenvalue weighted by Crippen LogP contribution is -2.66. The van der Waals surface area contributed by atoms with Gasteiger partial charge in [0.15, 0.2) is 18.9 Å². The van der Waals surface area contributed by atoms with Crippen LogP contribution in [0, 0.1) is 0 Å². The molecule has 19 nitrogen and oxygen atoms in total. The Balaban J connectivity index is 1.41. The van der Waals surface area contributed by atoms with Gasteiger partial charge in [-0.15, -0.1) is 0 Å². The first-order chi connectivity index (χ1) is 40.8. The van der Waals surface area contributed by atoms with Crippen LogP contribution in [0.1, 0.15) is 239 Å². The topological polar surface area (TPSA) is 307 Å². The fraction of sp³-hybridized carbons (Fsp3) is 0.892. The lowest BCUT2D eigenvalue weighted by Gasteiger charge is -2.48. The van der Waals surface area contributed by atoms with E-state index in [1.807, 2.05) is 6.08 Å². The molecule has 84 heavy (non-hydrogen) atoms. The molecule has 1 amide bonds. The van der Waals surface area contributed by atoms with Crippen molar-refractivity contribution in [2.45, 2.75) is 343 Å². The molecule has 17 unspecified atom stereocenters. The van der Waals surface area contributed by atoms with Crippen LogP contribution in [0.5, 0.6) is 0 Å². The van der Waals surface area contributed by atoms with E-state index in [9.17, 15) is 61.0 Å². The molecule has 0 spiro atoms. The molecule has 3 heterocycles. The number of carbonyl (C=O) groups is 1. The summed E-state index contributed by atoms with van der Waals surface area (Å²) in [6.45, 7) is 1.69. The van der Waals surface area contributed by atoms with Crippen LogP contribution in [-0.4, -0.2) is 193 Å². The minimum atomic E-state index is -1.98. The lowest BCUT2D eigenvalue weighted by molar-refractivity contribution is -0.379. The molecular formula is C65H119NO18. The second-order valence-electron chi connectivity index (χ2n) is 23.9. The third kappa shape index (κ3) is 30.5. The molecule has 3 fully saturated rings. The van der Waals surface area contributed by atoms with Gasteiger partial charge in [0, 0.05) is 6.42 Å². The van der Waals surface area contributed by atoms with Crippen molar-refractivity contribution < 1.29 is 89.4 Å². The highest BCUT2D eigenvalue weighted by Crippen LogP contribution is 2.33. The molecule has 19 heteroatoms. The van der Waals surface area contributed by atoms with E-state index in [0.717, 1.165) is 38.5 Å². The molecule has 3 rings (SSSR count). The number of allylic oxidation sites excluding steroid dienone is 5. The Morgan fingerprint density at radius 2 is 0.762 bits per heavy atom. The molecule has 0 aromatic carbocycles. The summed E-state index contributed by atoms with van der Waals surface area (Å²) >= 11 is 0. The average Bonchev–Trinajstić information content (AvgIpc) is 2.85. The summed E-state index contributed by atoms with van der Waals surface area (Å²) in [4.78, 5) is 13.3. The molecule has 17 atom stereocenters. The van der Waals surface area contributed by atoms with Gasteiger partial charge in [0.05, 0.1) is 38.6 Å². The van der Waals surface area contributed by atoms with Crippen LogP contribution in [0.2, 0.25) is 0 Å². The summed E-state index contributed by atoms with van der Waals surface area (Å²) < 4.78 is 34.2. The van der Waals surface area contributed by atoms with E-state index < -0.39 is 124 Å². The lowest BCUT2D eigenvalue weighted by atomic mass is 9.96. The quantitative estimate of drug-likeness (QED) is 0.0205. The second-order valence-corrected chi connectivity index (χ2v) is 23.9. The average molecular weight is 1200 g/mol. The van der Waals surface area contributed by atoms with E-state index in [1.165, 1.54) is 167 Å². The van der Waals surface area contributed by atoms with Crippen molar-refractivity contribution in [2.75, 3.05) is 26.4 Å².